The molecule has 1 aromatic heterocycles. The number of carboxylic acid groups (broad SMARTS) is 1. The van der Waals surface area contributed by atoms with Crippen molar-refractivity contribution in [3.8, 4) is 5.75 Å². The van der Waals surface area contributed by atoms with Crippen molar-refractivity contribution in [3.63, 3.8) is 0 Å². The Bertz CT molecular complexity index is 864. The number of hydrogen-bond acceptors (Lipinski definition) is 5. The molecule has 0 spiro atoms. The molecule has 0 atom stereocenters. The van der Waals surface area contributed by atoms with Gasteiger partial charge in [0.15, 0.2) is 5.69 Å². The van der Waals surface area contributed by atoms with E-state index in [0.29, 0.717) is 34.9 Å². The minimum atomic E-state index is -1.15. The van der Waals surface area contributed by atoms with Crippen LogP contribution in [-0.2, 0) is 19.5 Å². The van der Waals surface area contributed by atoms with Gasteiger partial charge in [0, 0.05) is 29.8 Å². The number of ether oxygens (including phenoxy) is 1. The molecule has 2 heterocycles. The van der Waals surface area contributed by atoms with Gasteiger partial charge in [0.2, 0.25) is 0 Å². The number of carbonyl (C=O) groups excluding carboxylic acids is 1. The van der Waals surface area contributed by atoms with Crippen molar-refractivity contribution in [3.05, 3.63) is 45.7 Å². The van der Waals surface area contributed by atoms with Gasteiger partial charge in [-0.15, -0.1) is 0 Å². The summed E-state index contributed by atoms with van der Waals surface area (Å²) in [6.07, 6.45) is 0.464. The average molecular weight is 380 g/mol. The SMILES string of the molecule is COc1ccc(C(=O)N2CCc3c(c(C(=O)O)nn3CCO)C2)cc1Cl. The number of nitrogens with zero attached hydrogens (tertiary/aromatic N) is 3. The predicted octanol–water partition coefficient (Wildman–Crippen LogP) is 1.43. The highest BCUT2D eigenvalue weighted by atomic mass is 35.5. The largest absolute Gasteiger partial charge is 0.495 e. The average Bonchev–Trinajstić information content (AvgIpc) is 2.99. The number of amides is 1. The Balaban J connectivity index is 1.89. The number of hydrogen-bond donors (Lipinski definition) is 2. The number of aromatic nitrogens is 2. The lowest BCUT2D eigenvalue weighted by atomic mass is 10.0. The molecule has 2 aromatic rings. The molecule has 0 saturated carbocycles. The molecular weight excluding hydrogens is 362 g/mol. The molecule has 0 aliphatic carbocycles. The zero-order valence-electron chi connectivity index (χ0n) is 14.1. The summed E-state index contributed by atoms with van der Waals surface area (Å²) in [6.45, 7) is 0.647. The number of rotatable bonds is 5. The fraction of sp³-hybridized carbons (Fsp3) is 0.353. The van der Waals surface area contributed by atoms with Crippen molar-refractivity contribution in [2.75, 3.05) is 20.3 Å². The van der Waals surface area contributed by atoms with Crippen LogP contribution in [0.2, 0.25) is 5.02 Å². The summed E-state index contributed by atoms with van der Waals surface area (Å²) in [6, 6.07) is 4.77. The van der Waals surface area contributed by atoms with Gasteiger partial charge >= 0.3 is 5.97 Å². The van der Waals surface area contributed by atoms with Crippen LogP contribution in [0.15, 0.2) is 18.2 Å². The van der Waals surface area contributed by atoms with Crippen molar-refractivity contribution in [1.82, 2.24) is 14.7 Å². The van der Waals surface area contributed by atoms with Crippen LogP contribution in [0, 0.1) is 0 Å². The van der Waals surface area contributed by atoms with Gasteiger partial charge < -0.3 is 19.8 Å². The Morgan fingerprint density at radius 3 is 2.77 bits per heavy atom. The smallest absolute Gasteiger partial charge is 0.356 e. The molecule has 26 heavy (non-hydrogen) atoms. The molecule has 0 radical (unpaired) electrons. The van der Waals surface area contributed by atoms with E-state index in [1.807, 2.05) is 0 Å². The maximum Gasteiger partial charge on any atom is 0.356 e. The number of aromatic carboxylic acids is 1. The molecule has 8 nitrogen and oxygen atoms in total. The second kappa shape index (κ2) is 7.35. The van der Waals surface area contributed by atoms with E-state index in [4.69, 9.17) is 21.4 Å². The number of methoxy groups -OCH3 is 1. The number of fused-ring (bicyclic) bond motifs is 1. The van der Waals surface area contributed by atoms with E-state index in [1.54, 1.807) is 17.0 Å². The van der Waals surface area contributed by atoms with Crippen LogP contribution in [0.5, 0.6) is 5.75 Å². The number of aliphatic hydroxyl groups is 1. The van der Waals surface area contributed by atoms with Gasteiger partial charge in [-0.05, 0) is 18.2 Å². The Morgan fingerprint density at radius 2 is 2.15 bits per heavy atom. The first-order valence-corrected chi connectivity index (χ1v) is 8.39. The van der Waals surface area contributed by atoms with Gasteiger partial charge in [-0.1, -0.05) is 11.6 Å². The third kappa shape index (κ3) is 3.25. The third-order valence-electron chi connectivity index (χ3n) is 4.33. The number of carboxylic acids is 1. The number of halogens is 1. The summed E-state index contributed by atoms with van der Waals surface area (Å²) in [5.41, 5.74) is 1.57. The van der Waals surface area contributed by atoms with Crippen LogP contribution in [0.25, 0.3) is 0 Å². The molecule has 138 valence electrons. The van der Waals surface area contributed by atoms with Gasteiger partial charge in [0.05, 0.1) is 31.8 Å². The quantitative estimate of drug-likeness (QED) is 0.814. The Morgan fingerprint density at radius 1 is 1.38 bits per heavy atom. The first-order chi connectivity index (χ1) is 12.5. The zero-order valence-corrected chi connectivity index (χ0v) is 14.9. The summed E-state index contributed by atoms with van der Waals surface area (Å²) in [5, 5.41) is 22.9. The van der Waals surface area contributed by atoms with E-state index in [2.05, 4.69) is 5.10 Å². The molecule has 1 aromatic carbocycles. The van der Waals surface area contributed by atoms with E-state index < -0.39 is 5.97 Å². The van der Waals surface area contributed by atoms with Gasteiger partial charge in [0.1, 0.15) is 5.75 Å². The molecule has 0 unspecified atom stereocenters. The van der Waals surface area contributed by atoms with E-state index in [0.717, 1.165) is 5.69 Å². The second-order valence-electron chi connectivity index (χ2n) is 5.85. The van der Waals surface area contributed by atoms with Crippen molar-refractivity contribution in [2.45, 2.75) is 19.5 Å². The van der Waals surface area contributed by atoms with E-state index in [9.17, 15) is 14.7 Å². The number of benzene rings is 1. The fourth-order valence-electron chi connectivity index (χ4n) is 3.10. The van der Waals surface area contributed by atoms with Crippen molar-refractivity contribution in [1.29, 1.82) is 0 Å². The van der Waals surface area contributed by atoms with Crippen molar-refractivity contribution >= 4 is 23.5 Å². The van der Waals surface area contributed by atoms with Crippen LogP contribution < -0.4 is 4.74 Å². The first-order valence-electron chi connectivity index (χ1n) is 8.01. The second-order valence-corrected chi connectivity index (χ2v) is 6.26. The van der Waals surface area contributed by atoms with Gasteiger partial charge in [-0.2, -0.15) is 5.10 Å². The number of carbonyl (C=O) groups is 2. The lowest BCUT2D eigenvalue weighted by Gasteiger charge is -2.28. The highest BCUT2D eigenvalue weighted by Gasteiger charge is 2.30. The van der Waals surface area contributed by atoms with Crippen LogP contribution in [-0.4, -0.2) is 57.0 Å². The topological polar surface area (TPSA) is 105 Å². The summed E-state index contributed by atoms with van der Waals surface area (Å²) in [4.78, 5) is 25.8. The maximum atomic E-state index is 12.8. The van der Waals surface area contributed by atoms with Crippen molar-refractivity contribution < 1.29 is 24.5 Å². The Hall–Kier alpha value is -2.58. The van der Waals surface area contributed by atoms with Gasteiger partial charge in [-0.25, -0.2) is 4.79 Å². The molecule has 0 bridgehead atoms. The normalized spacial score (nSPS) is 13.4. The van der Waals surface area contributed by atoms with Crippen LogP contribution >= 0.6 is 11.6 Å². The van der Waals surface area contributed by atoms with Gasteiger partial charge in [0.25, 0.3) is 5.91 Å². The Labute approximate surface area is 154 Å². The Kier molecular flexibility index (Phi) is 5.15. The first kappa shape index (κ1) is 18.2. The van der Waals surface area contributed by atoms with Crippen LogP contribution in [0.4, 0.5) is 0 Å². The highest BCUT2D eigenvalue weighted by Crippen LogP contribution is 2.28. The fourth-order valence-corrected chi connectivity index (χ4v) is 3.36. The molecule has 1 aliphatic rings. The molecule has 0 fully saturated rings. The van der Waals surface area contributed by atoms with E-state index in [1.165, 1.54) is 17.9 Å². The molecule has 9 heteroatoms. The summed E-state index contributed by atoms with van der Waals surface area (Å²) >= 11 is 6.09. The lowest BCUT2D eigenvalue weighted by Crippen LogP contribution is -2.36. The molecule has 1 aliphatic heterocycles. The number of aliphatic hydroxyl groups excluding tert-OH is 1. The summed E-state index contributed by atoms with van der Waals surface area (Å²) in [5.74, 6) is -0.922. The van der Waals surface area contributed by atoms with E-state index in [-0.39, 0.29) is 31.3 Å². The third-order valence-corrected chi connectivity index (χ3v) is 4.63. The monoisotopic (exact) mass is 379 g/mol. The molecular formula is C17H18ClN3O5. The maximum absolute atomic E-state index is 12.8. The standard InChI is InChI=1S/C17H18ClN3O5/c1-26-14-3-2-10(8-12(14)18)16(23)20-5-4-13-11(9-20)15(17(24)25)19-21(13)6-7-22/h2-3,8,22H,4-7,9H2,1H3,(H,24,25). The van der Waals surface area contributed by atoms with Crippen LogP contribution in [0.3, 0.4) is 0 Å². The van der Waals surface area contributed by atoms with Crippen LogP contribution in [0.1, 0.15) is 32.1 Å². The molecule has 3 rings (SSSR count). The lowest BCUT2D eigenvalue weighted by molar-refractivity contribution is 0.0674. The highest BCUT2D eigenvalue weighted by molar-refractivity contribution is 6.32. The zero-order chi connectivity index (χ0) is 18.8. The molecule has 2 N–H and O–H groups in total. The van der Waals surface area contributed by atoms with Crippen molar-refractivity contribution in [2.24, 2.45) is 0 Å². The predicted molar refractivity (Wildman–Crippen MR) is 92.7 cm³/mol. The summed E-state index contributed by atoms with van der Waals surface area (Å²) in [7, 11) is 1.49. The minimum absolute atomic E-state index is 0.0845. The molecule has 1 amide bonds. The van der Waals surface area contributed by atoms with Gasteiger partial charge in [-0.3, -0.25) is 9.48 Å². The minimum Gasteiger partial charge on any atom is -0.495 e. The van der Waals surface area contributed by atoms with E-state index >= 15 is 0 Å². The molecule has 0 saturated heterocycles. The summed E-state index contributed by atoms with van der Waals surface area (Å²) < 4.78 is 6.59.